The van der Waals surface area contributed by atoms with E-state index in [0.717, 1.165) is 0 Å². The lowest BCUT2D eigenvalue weighted by atomic mass is 10.1. The number of unbranched alkanes of at least 4 members (excludes halogenated alkanes) is 24. The van der Waals surface area contributed by atoms with Crippen molar-refractivity contribution in [3.63, 3.8) is 0 Å². The van der Waals surface area contributed by atoms with Gasteiger partial charge in [0.15, 0.2) is 0 Å². The van der Waals surface area contributed by atoms with Crippen molar-refractivity contribution in [1.82, 2.24) is 0 Å². The fourth-order valence-corrected chi connectivity index (χ4v) is 6.24. The van der Waals surface area contributed by atoms with Gasteiger partial charge in [-0.1, -0.05) is 136 Å². The Kier molecular flexibility index (Phi) is 28.0. The van der Waals surface area contributed by atoms with Gasteiger partial charge in [0.1, 0.15) is 0 Å². The molecule has 39 heavy (non-hydrogen) atoms. The Labute approximate surface area is 250 Å². The number of hydrogen-bond donors (Lipinski definition) is 0. The first-order valence-electron chi connectivity index (χ1n) is 18.5. The van der Waals surface area contributed by atoms with Crippen molar-refractivity contribution >= 4 is 0 Å². The molecule has 0 fully saturated rings. The molecule has 0 amide bonds. The van der Waals surface area contributed by atoms with E-state index in [4.69, 9.17) is 0 Å². The summed E-state index contributed by atoms with van der Waals surface area (Å²) in [6, 6.07) is 0. The van der Waals surface area contributed by atoms with E-state index < -0.39 is 0 Å². The third kappa shape index (κ3) is 30.7. The molecule has 0 aromatic rings. The molecule has 0 aliphatic carbocycles. The van der Waals surface area contributed by atoms with E-state index >= 15 is 0 Å². The zero-order chi connectivity index (χ0) is 28.9. The first-order valence-corrected chi connectivity index (χ1v) is 18.5. The molecule has 2 heteroatoms. The average molecular weight is 553 g/mol. The molecular formula is C37H80N2+2. The van der Waals surface area contributed by atoms with E-state index in [1.54, 1.807) is 0 Å². The topological polar surface area (TPSA) is 0 Å². The Morgan fingerprint density at radius 3 is 0.564 bits per heavy atom. The molecule has 0 aromatic heterocycles. The van der Waals surface area contributed by atoms with Crippen molar-refractivity contribution in [1.29, 1.82) is 0 Å². The molecule has 0 radical (unpaired) electrons. The SMILES string of the molecule is CCCCCCCCCCCC[N+](C)(C)CCCCCCCCC[N+](C)(C)CCCCCCCCCCCC. The second kappa shape index (κ2) is 28.1. The van der Waals surface area contributed by atoms with Crippen LogP contribution in [0.5, 0.6) is 0 Å². The molecule has 0 atom stereocenters. The lowest BCUT2D eigenvalue weighted by Crippen LogP contribution is -2.41. The number of quaternary nitrogens is 2. The van der Waals surface area contributed by atoms with Crippen LogP contribution < -0.4 is 0 Å². The highest BCUT2D eigenvalue weighted by molar-refractivity contribution is 4.51. The van der Waals surface area contributed by atoms with Crippen LogP contribution in [0.1, 0.15) is 187 Å². The Morgan fingerprint density at radius 1 is 0.231 bits per heavy atom. The molecule has 0 aromatic carbocycles. The second-order valence-electron chi connectivity index (χ2n) is 14.6. The Morgan fingerprint density at radius 2 is 0.385 bits per heavy atom. The molecule has 0 bridgehead atoms. The quantitative estimate of drug-likeness (QED) is 0.0575. The predicted molar refractivity (Wildman–Crippen MR) is 180 cm³/mol. The van der Waals surface area contributed by atoms with Gasteiger partial charge in [-0.2, -0.15) is 0 Å². The van der Waals surface area contributed by atoms with Crippen molar-refractivity contribution in [3.05, 3.63) is 0 Å². The minimum absolute atomic E-state index is 1.24. The van der Waals surface area contributed by atoms with Crippen molar-refractivity contribution in [2.45, 2.75) is 187 Å². The largest absolute Gasteiger partial charge is 0.328 e. The van der Waals surface area contributed by atoms with Crippen LogP contribution in [0.3, 0.4) is 0 Å². The maximum atomic E-state index is 2.46. The summed E-state index contributed by atoms with van der Waals surface area (Å²) >= 11 is 0. The molecule has 236 valence electrons. The van der Waals surface area contributed by atoms with Gasteiger partial charge in [-0.25, -0.2) is 0 Å². The zero-order valence-corrected chi connectivity index (χ0v) is 28.8. The minimum Gasteiger partial charge on any atom is -0.328 e. The average Bonchev–Trinajstić information content (AvgIpc) is 2.89. The number of hydrogen-bond acceptors (Lipinski definition) is 0. The van der Waals surface area contributed by atoms with Crippen LogP contribution in [-0.2, 0) is 0 Å². The molecule has 0 aliphatic heterocycles. The normalized spacial score (nSPS) is 12.5. The highest BCUT2D eigenvalue weighted by Crippen LogP contribution is 2.15. The van der Waals surface area contributed by atoms with Gasteiger partial charge < -0.3 is 8.97 Å². The summed E-state index contributed by atoms with van der Waals surface area (Å²) in [5.74, 6) is 0. The molecule has 0 spiro atoms. The lowest BCUT2D eigenvalue weighted by Gasteiger charge is -2.30. The second-order valence-corrected chi connectivity index (χ2v) is 14.6. The van der Waals surface area contributed by atoms with Gasteiger partial charge in [-0.15, -0.1) is 0 Å². The van der Waals surface area contributed by atoms with Gasteiger partial charge in [0.05, 0.1) is 54.4 Å². The van der Waals surface area contributed by atoms with E-state index in [1.807, 2.05) is 0 Å². The minimum atomic E-state index is 1.24. The van der Waals surface area contributed by atoms with Crippen molar-refractivity contribution in [2.75, 3.05) is 54.4 Å². The van der Waals surface area contributed by atoms with Crippen molar-refractivity contribution in [3.8, 4) is 0 Å². The van der Waals surface area contributed by atoms with Gasteiger partial charge >= 0.3 is 0 Å². The molecule has 0 heterocycles. The molecule has 0 unspecified atom stereocenters. The number of rotatable bonds is 32. The fraction of sp³-hybridized carbons (Fsp3) is 1.00. The molecular weight excluding hydrogens is 472 g/mol. The lowest BCUT2D eigenvalue weighted by molar-refractivity contribution is -0.890. The summed E-state index contributed by atoms with van der Waals surface area (Å²) in [5, 5.41) is 0. The zero-order valence-electron chi connectivity index (χ0n) is 28.8. The molecule has 0 saturated carbocycles. The van der Waals surface area contributed by atoms with E-state index in [0.29, 0.717) is 0 Å². The molecule has 0 N–H and O–H groups in total. The third-order valence-corrected chi connectivity index (χ3v) is 9.26. The van der Waals surface area contributed by atoms with Crippen LogP contribution in [0, 0.1) is 0 Å². The van der Waals surface area contributed by atoms with Crippen LogP contribution in [0.2, 0.25) is 0 Å². The van der Waals surface area contributed by atoms with Crippen molar-refractivity contribution in [2.24, 2.45) is 0 Å². The predicted octanol–water partition coefficient (Wildman–Crippen LogP) is 11.7. The first-order chi connectivity index (χ1) is 18.8. The fourth-order valence-electron chi connectivity index (χ4n) is 6.24. The summed E-state index contributed by atoms with van der Waals surface area (Å²) in [4.78, 5) is 0. The van der Waals surface area contributed by atoms with Crippen LogP contribution in [0.15, 0.2) is 0 Å². The van der Waals surface area contributed by atoms with Gasteiger partial charge in [0.25, 0.3) is 0 Å². The van der Waals surface area contributed by atoms with Crippen LogP contribution in [-0.4, -0.2) is 63.3 Å². The van der Waals surface area contributed by atoms with Gasteiger partial charge in [-0.05, 0) is 51.4 Å². The maximum Gasteiger partial charge on any atom is 0.0782 e. The van der Waals surface area contributed by atoms with Gasteiger partial charge in [0, 0.05) is 0 Å². The summed E-state index contributed by atoms with van der Waals surface area (Å²) in [5.41, 5.74) is 0. The molecule has 0 rings (SSSR count). The smallest absolute Gasteiger partial charge is 0.0782 e. The monoisotopic (exact) mass is 553 g/mol. The first kappa shape index (κ1) is 38.9. The van der Waals surface area contributed by atoms with Crippen LogP contribution in [0.4, 0.5) is 0 Å². The van der Waals surface area contributed by atoms with Crippen LogP contribution >= 0.6 is 0 Å². The van der Waals surface area contributed by atoms with E-state index in [1.165, 1.54) is 209 Å². The van der Waals surface area contributed by atoms with Gasteiger partial charge in [0.2, 0.25) is 0 Å². The van der Waals surface area contributed by atoms with Crippen molar-refractivity contribution < 1.29 is 8.97 Å². The molecule has 0 saturated heterocycles. The highest BCUT2D eigenvalue weighted by atomic mass is 15.3. The summed E-state index contributed by atoms with van der Waals surface area (Å²) < 4.78 is 2.48. The maximum absolute atomic E-state index is 2.46. The van der Waals surface area contributed by atoms with Crippen LogP contribution in [0.25, 0.3) is 0 Å². The Balaban J connectivity index is 3.47. The summed E-state index contributed by atoms with van der Waals surface area (Å²) in [6.07, 6.45) is 39.0. The molecule has 0 aliphatic rings. The van der Waals surface area contributed by atoms with Gasteiger partial charge in [-0.3, -0.25) is 0 Å². The summed E-state index contributed by atoms with van der Waals surface area (Å²) in [6.45, 7) is 10.1. The third-order valence-electron chi connectivity index (χ3n) is 9.26. The highest BCUT2D eigenvalue weighted by Gasteiger charge is 2.15. The number of nitrogens with zero attached hydrogens (tertiary/aromatic N) is 2. The van der Waals surface area contributed by atoms with E-state index in [-0.39, 0.29) is 0 Å². The summed E-state index contributed by atoms with van der Waals surface area (Å²) in [7, 11) is 9.85. The standard InChI is InChI=1S/C37H80N2/c1-7-9-11-13-15-17-19-22-26-30-34-38(3,4)36-32-28-24-21-25-29-33-37-39(5,6)35-31-27-23-20-18-16-14-12-10-8-2/h7-37H2,1-6H3/q+2. The Bertz CT molecular complexity index is 428. The van der Waals surface area contributed by atoms with E-state index in [9.17, 15) is 0 Å². The molecule has 2 nitrogen and oxygen atoms in total. The van der Waals surface area contributed by atoms with E-state index in [2.05, 4.69) is 42.0 Å². The Hall–Kier alpha value is -0.0800.